The molecule has 1 aliphatic rings. The molecule has 2 N–H and O–H groups in total. The molecule has 0 aliphatic carbocycles. The minimum Gasteiger partial charge on any atom is -0.460 e. The Labute approximate surface area is 212 Å². The molecule has 5 rings (SSSR count). The Morgan fingerprint density at radius 3 is 2.39 bits per heavy atom. The molecular weight excluding hydrogens is 483 g/mol. The van der Waals surface area contributed by atoms with Gasteiger partial charge in [0.2, 0.25) is 5.95 Å². The lowest BCUT2D eigenvalue weighted by atomic mass is 10.1. The fourth-order valence-corrected chi connectivity index (χ4v) is 4.23. The van der Waals surface area contributed by atoms with Crippen molar-refractivity contribution in [2.75, 3.05) is 43.4 Å². The SMILES string of the molecule is Nc1nc(N2CCN(CC(=O)OCc3ccc(Cl)cc3)CC2)c2nc(-c3ccc(F)cc3)ccc2n1. The smallest absolute Gasteiger partial charge is 0.320 e. The number of nitrogen functional groups attached to an aromatic ring is 1. The van der Waals surface area contributed by atoms with Crippen LogP contribution in [0.3, 0.4) is 0 Å². The molecule has 0 saturated carbocycles. The minimum absolute atomic E-state index is 0.169. The molecule has 4 aromatic rings. The number of pyridine rings is 1. The van der Waals surface area contributed by atoms with Crippen LogP contribution >= 0.6 is 11.6 Å². The molecular formula is C26H24ClFN6O2. The highest BCUT2D eigenvalue weighted by atomic mass is 35.5. The zero-order valence-corrected chi connectivity index (χ0v) is 20.2. The normalized spacial score (nSPS) is 14.2. The summed E-state index contributed by atoms with van der Waals surface area (Å²) in [5, 5.41) is 0.642. The summed E-state index contributed by atoms with van der Waals surface area (Å²) >= 11 is 5.89. The van der Waals surface area contributed by atoms with Gasteiger partial charge in [-0.15, -0.1) is 0 Å². The fraction of sp³-hybridized carbons (Fsp3) is 0.231. The van der Waals surface area contributed by atoms with Gasteiger partial charge in [0.25, 0.3) is 0 Å². The van der Waals surface area contributed by atoms with Gasteiger partial charge in [0.15, 0.2) is 5.82 Å². The first-order chi connectivity index (χ1) is 17.4. The number of fused-ring (bicyclic) bond motifs is 1. The molecule has 1 fully saturated rings. The molecule has 0 unspecified atom stereocenters. The van der Waals surface area contributed by atoms with E-state index >= 15 is 0 Å². The Morgan fingerprint density at radius 2 is 1.67 bits per heavy atom. The second-order valence-corrected chi connectivity index (χ2v) is 8.96. The summed E-state index contributed by atoms with van der Waals surface area (Å²) in [6.45, 7) is 3.00. The number of esters is 1. The number of hydrogen-bond donors (Lipinski definition) is 1. The van der Waals surface area contributed by atoms with Crippen LogP contribution in [0, 0.1) is 5.82 Å². The van der Waals surface area contributed by atoms with Crippen molar-refractivity contribution in [3.05, 3.63) is 77.1 Å². The average molecular weight is 507 g/mol. The summed E-state index contributed by atoms with van der Waals surface area (Å²) in [7, 11) is 0. The molecule has 8 nitrogen and oxygen atoms in total. The molecule has 0 atom stereocenters. The lowest BCUT2D eigenvalue weighted by Crippen LogP contribution is -2.48. The molecule has 0 amide bonds. The van der Waals surface area contributed by atoms with Gasteiger partial charge >= 0.3 is 5.97 Å². The first-order valence-corrected chi connectivity index (χ1v) is 11.9. The average Bonchev–Trinajstić information content (AvgIpc) is 2.88. The lowest BCUT2D eigenvalue weighted by molar-refractivity contribution is -0.146. The molecule has 0 radical (unpaired) electrons. The highest BCUT2D eigenvalue weighted by Crippen LogP contribution is 2.27. The van der Waals surface area contributed by atoms with E-state index in [0.29, 0.717) is 53.7 Å². The minimum atomic E-state index is -0.303. The zero-order chi connectivity index (χ0) is 25.1. The van der Waals surface area contributed by atoms with Gasteiger partial charge in [-0.2, -0.15) is 4.98 Å². The number of ether oxygens (including phenoxy) is 1. The quantitative estimate of drug-likeness (QED) is 0.393. The first-order valence-electron chi connectivity index (χ1n) is 11.5. The summed E-state index contributed by atoms with van der Waals surface area (Å²) in [6, 6.07) is 17.1. The van der Waals surface area contributed by atoms with Crippen molar-refractivity contribution in [1.82, 2.24) is 19.9 Å². The Hall–Kier alpha value is -3.82. The van der Waals surface area contributed by atoms with E-state index < -0.39 is 0 Å². The molecule has 1 saturated heterocycles. The summed E-state index contributed by atoms with van der Waals surface area (Å²) in [5.41, 5.74) is 9.62. The molecule has 3 heterocycles. The predicted octanol–water partition coefficient (Wildman–Crippen LogP) is 3.93. The van der Waals surface area contributed by atoms with Crippen molar-refractivity contribution in [3.63, 3.8) is 0 Å². The standard InChI is InChI=1S/C26H24ClFN6O2/c27-19-5-1-17(2-6-19)16-36-23(35)15-33-11-13-34(14-12-33)25-24-22(31-26(29)32-25)10-9-21(30-24)18-3-7-20(28)8-4-18/h1-10H,11-16H2,(H2,29,31,32). The second-order valence-electron chi connectivity index (χ2n) is 8.53. The van der Waals surface area contributed by atoms with Gasteiger partial charge in [-0.3, -0.25) is 9.69 Å². The highest BCUT2D eigenvalue weighted by molar-refractivity contribution is 6.30. The Balaban J connectivity index is 1.25. The molecule has 0 bridgehead atoms. The maximum atomic E-state index is 13.4. The van der Waals surface area contributed by atoms with E-state index in [-0.39, 0.29) is 30.9 Å². The van der Waals surface area contributed by atoms with E-state index in [1.807, 2.05) is 29.2 Å². The monoisotopic (exact) mass is 506 g/mol. The van der Waals surface area contributed by atoms with E-state index in [0.717, 1.165) is 11.1 Å². The van der Waals surface area contributed by atoms with Crippen LogP contribution in [0.4, 0.5) is 16.2 Å². The van der Waals surface area contributed by atoms with Crippen LogP contribution in [0.1, 0.15) is 5.56 Å². The van der Waals surface area contributed by atoms with Gasteiger partial charge in [0.1, 0.15) is 17.9 Å². The van der Waals surface area contributed by atoms with Crippen molar-refractivity contribution in [2.24, 2.45) is 0 Å². The van der Waals surface area contributed by atoms with Crippen molar-refractivity contribution < 1.29 is 13.9 Å². The fourth-order valence-electron chi connectivity index (χ4n) is 4.11. The van der Waals surface area contributed by atoms with Gasteiger partial charge in [-0.05, 0) is 54.1 Å². The third-order valence-electron chi connectivity index (χ3n) is 6.02. The molecule has 2 aromatic heterocycles. The molecule has 184 valence electrons. The number of nitrogens with two attached hydrogens (primary N) is 1. The summed E-state index contributed by atoms with van der Waals surface area (Å²) < 4.78 is 18.8. The Morgan fingerprint density at radius 1 is 0.944 bits per heavy atom. The number of carbonyl (C=O) groups is 1. The van der Waals surface area contributed by atoms with Crippen molar-refractivity contribution in [2.45, 2.75) is 6.61 Å². The second kappa shape index (κ2) is 10.4. The van der Waals surface area contributed by atoms with Crippen LogP contribution in [0.5, 0.6) is 0 Å². The van der Waals surface area contributed by atoms with E-state index in [4.69, 9.17) is 27.1 Å². The molecule has 0 spiro atoms. The van der Waals surface area contributed by atoms with Crippen LogP contribution in [-0.4, -0.2) is 58.5 Å². The van der Waals surface area contributed by atoms with E-state index in [1.54, 1.807) is 24.3 Å². The van der Waals surface area contributed by atoms with Crippen LogP contribution in [0.15, 0.2) is 60.7 Å². The van der Waals surface area contributed by atoms with Crippen molar-refractivity contribution in [1.29, 1.82) is 0 Å². The first kappa shape index (κ1) is 23.9. The number of benzene rings is 2. The lowest BCUT2D eigenvalue weighted by Gasteiger charge is -2.35. The van der Waals surface area contributed by atoms with E-state index in [2.05, 4.69) is 14.9 Å². The van der Waals surface area contributed by atoms with Gasteiger partial charge in [-0.1, -0.05) is 23.7 Å². The summed E-state index contributed by atoms with van der Waals surface area (Å²) in [5.74, 6) is 0.234. The number of carbonyl (C=O) groups excluding carboxylic acids is 1. The van der Waals surface area contributed by atoms with Gasteiger partial charge in [0.05, 0.1) is 17.8 Å². The van der Waals surface area contributed by atoms with Gasteiger partial charge in [0, 0.05) is 36.8 Å². The van der Waals surface area contributed by atoms with Crippen LogP contribution in [0.25, 0.3) is 22.3 Å². The number of rotatable bonds is 6. The van der Waals surface area contributed by atoms with Gasteiger partial charge in [-0.25, -0.2) is 14.4 Å². The number of nitrogens with zero attached hydrogens (tertiary/aromatic N) is 5. The van der Waals surface area contributed by atoms with Crippen molar-refractivity contribution in [3.8, 4) is 11.3 Å². The maximum absolute atomic E-state index is 13.4. The topological polar surface area (TPSA) is 97.5 Å². The Kier molecular flexibility index (Phi) is 6.92. The summed E-state index contributed by atoms with van der Waals surface area (Å²) in [4.78, 5) is 30.1. The van der Waals surface area contributed by atoms with Crippen LogP contribution in [-0.2, 0) is 16.1 Å². The Bertz CT molecular complexity index is 1380. The third-order valence-corrected chi connectivity index (χ3v) is 6.27. The number of aromatic nitrogens is 3. The van der Waals surface area contributed by atoms with Crippen LogP contribution < -0.4 is 10.6 Å². The number of anilines is 2. The van der Waals surface area contributed by atoms with E-state index in [9.17, 15) is 9.18 Å². The number of hydrogen-bond acceptors (Lipinski definition) is 8. The number of piperazine rings is 1. The van der Waals surface area contributed by atoms with Crippen LogP contribution in [0.2, 0.25) is 5.02 Å². The zero-order valence-electron chi connectivity index (χ0n) is 19.4. The molecule has 2 aromatic carbocycles. The third kappa shape index (κ3) is 5.53. The molecule has 10 heteroatoms. The molecule has 1 aliphatic heterocycles. The van der Waals surface area contributed by atoms with Crippen molar-refractivity contribution >= 4 is 40.4 Å². The summed E-state index contributed by atoms with van der Waals surface area (Å²) in [6.07, 6.45) is 0. The highest BCUT2D eigenvalue weighted by Gasteiger charge is 2.23. The predicted molar refractivity (Wildman–Crippen MR) is 137 cm³/mol. The number of halogens is 2. The maximum Gasteiger partial charge on any atom is 0.320 e. The molecule has 36 heavy (non-hydrogen) atoms. The van der Waals surface area contributed by atoms with Gasteiger partial charge < -0.3 is 15.4 Å². The largest absolute Gasteiger partial charge is 0.460 e. The van der Waals surface area contributed by atoms with E-state index in [1.165, 1.54) is 12.1 Å².